The fourth-order valence-electron chi connectivity index (χ4n) is 6.50. The van der Waals surface area contributed by atoms with Gasteiger partial charge >= 0.3 is 5.97 Å². The van der Waals surface area contributed by atoms with Crippen molar-refractivity contribution in [2.75, 3.05) is 25.1 Å². The number of benzene rings is 1. The topological polar surface area (TPSA) is 81.5 Å². The van der Waals surface area contributed by atoms with Crippen molar-refractivity contribution in [2.24, 2.45) is 5.41 Å². The van der Waals surface area contributed by atoms with E-state index in [9.17, 15) is 9.18 Å². The molecule has 256 valence electrons. The second-order valence-electron chi connectivity index (χ2n) is 15.1. The van der Waals surface area contributed by atoms with Crippen LogP contribution < -0.4 is 5.32 Å². The lowest BCUT2D eigenvalue weighted by molar-refractivity contribution is -0.172. The molecule has 4 heterocycles. The Balaban J connectivity index is 1.51. The second kappa shape index (κ2) is 12.7. The van der Waals surface area contributed by atoms with Crippen molar-refractivity contribution in [3.63, 3.8) is 0 Å². The average molecular weight is 676 g/mol. The average Bonchev–Trinajstić information content (AvgIpc) is 3.32. The van der Waals surface area contributed by atoms with Crippen molar-refractivity contribution in [1.82, 2.24) is 19.7 Å². The number of pyridine rings is 1. The predicted octanol–water partition coefficient (Wildman–Crippen LogP) is 7.77. The van der Waals surface area contributed by atoms with Gasteiger partial charge in [-0.25, -0.2) is 18.2 Å². The minimum Gasteiger partial charge on any atom is -0.460 e. The van der Waals surface area contributed by atoms with Crippen LogP contribution in [0.3, 0.4) is 0 Å². The van der Waals surface area contributed by atoms with Crippen molar-refractivity contribution in [3.8, 4) is 0 Å². The molecule has 0 saturated carbocycles. The van der Waals surface area contributed by atoms with Crippen molar-refractivity contribution in [2.45, 2.75) is 104 Å². The normalized spacial score (nSPS) is 21.7. The van der Waals surface area contributed by atoms with Gasteiger partial charge in [0.2, 0.25) is 0 Å². The minimum atomic E-state index is -2.03. The quantitative estimate of drug-likeness (QED) is 0.244. The Morgan fingerprint density at radius 3 is 2.40 bits per heavy atom. The molecule has 2 aliphatic heterocycles. The molecule has 0 bridgehead atoms. The molecule has 2 aliphatic rings. The summed E-state index contributed by atoms with van der Waals surface area (Å²) in [5.74, 6) is -1.08. The van der Waals surface area contributed by atoms with Gasteiger partial charge in [-0.3, -0.25) is 14.4 Å². The first-order valence-corrected chi connectivity index (χ1v) is 16.4. The van der Waals surface area contributed by atoms with Crippen molar-refractivity contribution in [1.29, 1.82) is 0 Å². The number of piperidine rings is 1. The summed E-state index contributed by atoms with van der Waals surface area (Å²) in [6, 6.07) is 7.88. The number of aryl methyl sites for hydroxylation is 1. The highest BCUT2D eigenvalue weighted by atomic mass is 35.5. The highest BCUT2D eigenvalue weighted by Gasteiger charge is 2.49. The van der Waals surface area contributed by atoms with Gasteiger partial charge in [-0.05, 0) is 86.9 Å². The molecule has 12 heteroatoms. The highest BCUT2D eigenvalue weighted by molar-refractivity contribution is 6.30. The summed E-state index contributed by atoms with van der Waals surface area (Å²) in [5.41, 5.74) is -3.17. The molecule has 1 N–H and O–H groups in total. The molecule has 2 aromatic heterocycles. The lowest BCUT2D eigenvalue weighted by Crippen LogP contribution is -2.51. The Morgan fingerprint density at radius 2 is 1.83 bits per heavy atom. The van der Waals surface area contributed by atoms with Crippen molar-refractivity contribution >= 4 is 29.2 Å². The number of hydrogen-bond donors (Lipinski definition) is 1. The number of alkyl halides is 1. The summed E-state index contributed by atoms with van der Waals surface area (Å²) in [6.45, 7) is 15.4. The number of rotatable bonds is 8. The number of hydrogen-bond acceptors (Lipinski definition) is 7. The van der Waals surface area contributed by atoms with E-state index in [-0.39, 0.29) is 59.7 Å². The standard InChI is InChI=1S/C35H45ClF3N5O3/c1-21-14-28(42-44(21)32(3,4)5)41-27-15-24(35(39)19-46-20-35)30(38)26(40-27)17-34(31(45)47-33(6,7)8)12-13-43(22(2)16-34)18-23-10-9-11-25(36)29(23)37/h9-11,14-15,22H,12-13,16-20H2,1-8H3,(H,40,41,42)/t22-,34-/m1/s1. The highest BCUT2D eigenvalue weighted by Crippen LogP contribution is 2.44. The molecule has 0 amide bonds. The summed E-state index contributed by atoms with van der Waals surface area (Å²) in [4.78, 5) is 20.7. The number of nitrogens with one attached hydrogen (secondary N) is 1. The number of anilines is 2. The number of ether oxygens (including phenoxy) is 2. The summed E-state index contributed by atoms with van der Waals surface area (Å²) >= 11 is 6.03. The molecule has 47 heavy (non-hydrogen) atoms. The van der Waals surface area contributed by atoms with Gasteiger partial charge in [0.15, 0.2) is 17.3 Å². The molecule has 8 nitrogen and oxygen atoms in total. The fourth-order valence-corrected chi connectivity index (χ4v) is 6.69. The lowest BCUT2D eigenvalue weighted by atomic mass is 9.71. The van der Waals surface area contributed by atoms with E-state index in [1.54, 1.807) is 32.9 Å². The van der Waals surface area contributed by atoms with E-state index in [0.29, 0.717) is 30.9 Å². The van der Waals surface area contributed by atoms with Crippen molar-refractivity contribution in [3.05, 3.63) is 69.5 Å². The van der Waals surface area contributed by atoms with Gasteiger partial charge in [0.25, 0.3) is 0 Å². The number of nitrogens with zero attached hydrogens (tertiary/aromatic N) is 4. The second-order valence-corrected chi connectivity index (χ2v) is 15.5. The van der Waals surface area contributed by atoms with Gasteiger partial charge in [-0.2, -0.15) is 5.10 Å². The Morgan fingerprint density at radius 1 is 1.13 bits per heavy atom. The molecule has 0 unspecified atom stereocenters. The Bertz CT molecular complexity index is 1650. The van der Waals surface area contributed by atoms with Crippen LogP contribution >= 0.6 is 11.6 Å². The third-order valence-electron chi connectivity index (χ3n) is 8.88. The third-order valence-corrected chi connectivity index (χ3v) is 9.17. The van der Waals surface area contributed by atoms with Crippen molar-refractivity contribution < 1.29 is 27.4 Å². The number of aromatic nitrogens is 3. The lowest BCUT2D eigenvalue weighted by Gasteiger charge is -2.45. The zero-order valence-electron chi connectivity index (χ0n) is 28.4. The molecule has 2 fully saturated rings. The van der Waals surface area contributed by atoms with Crippen LogP contribution in [-0.2, 0) is 38.4 Å². The van der Waals surface area contributed by atoms with E-state index in [4.69, 9.17) is 21.1 Å². The van der Waals surface area contributed by atoms with Crippen LogP contribution in [0.5, 0.6) is 0 Å². The van der Waals surface area contributed by atoms with E-state index in [1.165, 1.54) is 12.1 Å². The van der Waals surface area contributed by atoms with Gasteiger partial charge in [-0.1, -0.05) is 23.7 Å². The first kappa shape index (κ1) is 35.2. The summed E-state index contributed by atoms with van der Waals surface area (Å²) < 4.78 is 60.0. The monoisotopic (exact) mass is 675 g/mol. The zero-order chi connectivity index (χ0) is 34.5. The molecule has 5 rings (SSSR count). The fraction of sp³-hybridized carbons (Fsp3) is 0.571. The van der Waals surface area contributed by atoms with Gasteiger partial charge in [0.05, 0.1) is 34.9 Å². The molecule has 2 saturated heterocycles. The van der Waals surface area contributed by atoms with E-state index in [2.05, 4.69) is 20.3 Å². The van der Waals surface area contributed by atoms with Gasteiger partial charge < -0.3 is 14.8 Å². The van der Waals surface area contributed by atoms with Gasteiger partial charge in [-0.15, -0.1) is 0 Å². The molecule has 0 spiro atoms. The van der Waals surface area contributed by atoms with E-state index in [0.717, 1.165) is 5.69 Å². The number of likely N-dealkylation sites (tertiary alicyclic amines) is 1. The van der Waals surface area contributed by atoms with Crippen LogP contribution in [0, 0.1) is 24.0 Å². The summed E-state index contributed by atoms with van der Waals surface area (Å²) in [6.07, 6.45) is 0.464. The number of carbonyl (C=O) groups is 1. The number of carbonyl (C=O) groups excluding carboxylic acids is 1. The molecule has 2 atom stereocenters. The van der Waals surface area contributed by atoms with Crippen LogP contribution in [0.4, 0.5) is 24.8 Å². The largest absolute Gasteiger partial charge is 0.460 e. The van der Waals surface area contributed by atoms with Crippen LogP contribution in [0.2, 0.25) is 5.02 Å². The van der Waals surface area contributed by atoms with Gasteiger partial charge in [0.1, 0.15) is 17.2 Å². The summed E-state index contributed by atoms with van der Waals surface area (Å²) in [7, 11) is 0. The smallest absolute Gasteiger partial charge is 0.313 e. The van der Waals surface area contributed by atoms with E-state index in [1.807, 2.05) is 45.4 Å². The first-order chi connectivity index (χ1) is 21.8. The van der Waals surface area contributed by atoms with E-state index < -0.39 is 34.3 Å². The minimum absolute atomic E-state index is 0.0453. The SMILES string of the molecule is Cc1cc(Nc2cc(C3(F)COC3)c(F)c(C[C@@]3(C(=O)OC(C)(C)C)CCN(Cc4cccc(Cl)c4F)[C@H](C)C3)n2)nn1C(C)(C)C. The molecule has 1 aromatic carbocycles. The Kier molecular flexibility index (Phi) is 9.51. The molecule has 3 aromatic rings. The zero-order valence-corrected chi connectivity index (χ0v) is 29.2. The van der Waals surface area contributed by atoms with Crippen LogP contribution in [0.1, 0.15) is 83.8 Å². The maximum atomic E-state index is 16.4. The van der Waals surface area contributed by atoms with Crippen LogP contribution in [0.25, 0.3) is 0 Å². The predicted molar refractivity (Wildman–Crippen MR) is 176 cm³/mol. The van der Waals surface area contributed by atoms with Gasteiger partial charge in [0, 0.05) is 41.9 Å². The summed E-state index contributed by atoms with van der Waals surface area (Å²) in [5, 5.41) is 7.85. The first-order valence-electron chi connectivity index (χ1n) is 16.0. The molecular formula is C35H45ClF3N5O3. The van der Waals surface area contributed by atoms with Crippen LogP contribution in [-0.4, -0.2) is 57.0 Å². The maximum Gasteiger partial charge on any atom is 0.313 e. The Labute approximate surface area is 280 Å². The Hall–Kier alpha value is -3.15. The number of esters is 1. The number of halogens is 4. The van der Waals surface area contributed by atoms with E-state index >= 15 is 8.78 Å². The molecule has 0 aliphatic carbocycles. The van der Waals surface area contributed by atoms with Crippen LogP contribution in [0.15, 0.2) is 30.3 Å². The third kappa shape index (κ3) is 7.47. The molecule has 0 radical (unpaired) electrons. The molecular weight excluding hydrogens is 631 g/mol. The maximum absolute atomic E-state index is 16.4.